The highest BCUT2D eigenvalue weighted by atomic mass is 35.5. The second-order valence-corrected chi connectivity index (χ2v) is 7.14. The Labute approximate surface area is 162 Å². The summed E-state index contributed by atoms with van der Waals surface area (Å²) in [5.41, 5.74) is 2.65. The second-order valence-electron chi connectivity index (χ2n) is 6.74. The Bertz CT molecular complexity index is 854. The number of hydrogen-bond donors (Lipinski definition) is 3. The molecule has 2 aromatic carbocycles. The SMILES string of the molecule is C=C1O[C@@H](c2ccc(Cl)c(Cc3ccc(CC)cc3F)c2)[C@H](O)[C@@H](O)[C@@H]1O. The van der Waals surface area contributed by atoms with Gasteiger partial charge in [0.25, 0.3) is 0 Å². The molecule has 1 heterocycles. The Morgan fingerprint density at radius 2 is 1.81 bits per heavy atom. The molecule has 2 aromatic rings. The molecule has 1 saturated heterocycles. The average molecular weight is 393 g/mol. The number of benzene rings is 2. The number of aryl methyl sites for hydroxylation is 1. The largest absolute Gasteiger partial charge is 0.485 e. The van der Waals surface area contributed by atoms with Crippen LogP contribution in [-0.2, 0) is 17.6 Å². The van der Waals surface area contributed by atoms with Crippen molar-refractivity contribution in [2.45, 2.75) is 44.2 Å². The van der Waals surface area contributed by atoms with E-state index >= 15 is 0 Å². The first-order chi connectivity index (χ1) is 12.8. The molecule has 0 aromatic heterocycles. The van der Waals surface area contributed by atoms with Crippen molar-refractivity contribution in [1.82, 2.24) is 0 Å². The Kier molecular flexibility index (Phi) is 5.86. The van der Waals surface area contributed by atoms with E-state index in [9.17, 15) is 19.7 Å². The van der Waals surface area contributed by atoms with E-state index in [0.29, 0.717) is 21.7 Å². The number of rotatable bonds is 4. The zero-order valence-corrected chi connectivity index (χ0v) is 15.7. The highest BCUT2D eigenvalue weighted by Gasteiger charge is 2.41. The number of ether oxygens (including phenoxy) is 1. The van der Waals surface area contributed by atoms with E-state index in [2.05, 4.69) is 6.58 Å². The van der Waals surface area contributed by atoms with Gasteiger partial charge in [0.2, 0.25) is 0 Å². The van der Waals surface area contributed by atoms with Crippen molar-refractivity contribution in [3.63, 3.8) is 0 Å². The Hall–Kier alpha value is -1.92. The van der Waals surface area contributed by atoms with Gasteiger partial charge in [-0.1, -0.05) is 49.4 Å². The Balaban J connectivity index is 1.90. The van der Waals surface area contributed by atoms with E-state index in [-0.39, 0.29) is 18.0 Å². The quantitative estimate of drug-likeness (QED) is 0.746. The van der Waals surface area contributed by atoms with Crippen LogP contribution in [-0.4, -0.2) is 33.6 Å². The number of aliphatic hydroxyl groups is 3. The lowest BCUT2D eigenvalue weighted by Gasteiger charge is -2.37. The van der Waals surface area contributed by atoms with E-state index in [1.807, 2.05) is 13.0 Å². The lowest BCUT2D eigenvalue weighted by atomic mass is 9.91. The van der Waals surface area contributed by atoms with Crippen molar-refractivity contribution in [3.05, 3.63) is 81.8 Å². The highest BCUT2D eigenvalue weighted by Crippen LogP contribution is 2.35. The van der Waals surface area contributed by atoms with Gasteiger partial charge in [-0.25, -0.2) is 4.39 Å². The number of hydrogen-bond acceptors (Lipinski definition) is 4. The van der Waals surface area contributed by atoms with Crippen LogP contribution in [0.15, 0.2) is 48.7 Å². The maximum atomic E-state index is 14.3. The van der Waals surface area contributed by atoms with Crippen molar-refractivity contribution >= 4 is 11.6 Å². The van der Waals surface area contributed by atoms with E-state index < -0.39 is 24.4 Å². The summed E-state index contributed by atoms with van der Waals surface area (Å²) in [7, 11) is 0. The second kappa shape index (κ2) is 7.98. The summed E-state index contributed by atoms with van der Waals surface area (Å²) in [5, 5.41) is 30.4. The van der Waals surface area contributed by atoms with Gasteiger partial charge in [-0.2, -0.15) is 0 Å². The third-order valence-electron chi connectivity index (χ3n) is 4.90. The molecule has 6 heteroatoms. The minimum absolute atomic E-state index is 0.0181. The van der Waals surface area contributed by atoms with Gasteiger partial charge in [0.1, 0.15) is 29.9 Å². The number of halogens is 2. The molecular formula is C21H22ClFO4. The van der Waals surface area contributed by atoms with E-state index in [0.717, 1.165) is 12.0 Å². The lowest BCUT2D eigenvalue weighted by molar-refractivity contribution is -0.157. The zero-order valence-electron chi connectivity index (χ0n) is 14.9. The van der Waals surface area contributed by atoms with Gasteiger partial charge in [0, 0.05) is 11.4 Å². The van der Waals surface area contributed by atoms with Crippen LogP contribution in [0.4, 0.5) is 4.39 Å². The molecule has 0 spiro atoms. The molecule has 0 unspecified atom stereocenters. The molecule has 0 radical (unpaired) electrons. The highest BCUT2D eigenvalue weighted by molar-refractivity contribution is 6.31. The molecule has 1 aliphatic heterocycles. The van der Waals surface area contributed by atoms with Crippen molar-refractivity contribution in [2.75, 3.05) is 0 Å². The average Bonchev–Trinajstić information content (AvgIpc) is 2.66. The molecule has 0 saturated carbocycles. The molecule has 3 N–H and O–H groups in total. The van der Waals surface area contributed by atoms with Crippen LogP contribution in [0.25, 0.3) is 0 Å². The lowest BCUT2D eigenvalue weighted by Crippen LogP contribution is -2.47. The maximum absolute atomic E-state index is 14.3. The molecule has 27 heavy (non-hydrogen) atoms. The van der Waals surface area contributed by atoms with Gasteiger partial charge >= 0.3 is 0 Å². The van der Waals surface area contributed by atoms with Gasteiger partial charge in [-0.15, -0.1) is 0 Å². The van der Waals surface area contributed by atoms with Crippen LogP contribution >= 0.6 is 11.6 Å². The van der Waals surface area contributed by atoms with Gasteiger partial charge in [-0.3, -0.25) is 0 Å². The van der Waals surface area contributed by atoms with Gasteiger partial charge in [0.05, 0.1) is 0 Å². The van der Waals surface area contributed by atoms with Gasteiger partial charge < -0.3 is 20.1 Å². The zero-order chi connectivity index (χ0) is 19.7. The molecule has 0 bridgehead atoms. The summed E-state index contributed by atoms with van der Waals surface area (Å²) in [4.78, 5) is 0. The molecule has 0 amide bonds. The van der Waals surface area contributed by atoms with Crippen molar-refractivity contribution in [3.8, 4) is 0 Å². The smallest absolute Gasteiger partial charge is 0.152 e. The van der Waals surface area contributed by atoms with Gasteiger partial charge in [0.15, 0.2) is 6.10 Å². The summed E-state index contributed by atoms with van der Waals surface area (Å²) in [6.45, 7) is 5.53. The Morgan fingerprint density at radius 3 is 2.48 bits per heavy atom. The van der Waals surface area contributed by atoms with Crippen molar-refractivity contribution in [2.24, 2.45) is 0 Å². The first-order valence-corrected chi connectivity index (χ1v) is 9.15. The maximum Gasteiger partial charge on any atom is 0.152 e. The predicted molar refractivity (Wildman–Crippen MR) is 101 cm³/mol. The summed E-state index contributed by atoms with van der Waals surface area (Å²) < 4.78 is 19.8. The fourth-order valence-corrected chi connectivity index (χ4v) is 3.37. The minimum Gasteiger partial charge on any atom is -0.485 e. The van der Waals surface area contributed by atoms with E-state index in [1.165, 1.54) is 6.07 Å². The van der Waals surface area contributed by atoms with Crippen LogP contribution in [0.2, 0.25) is 5.02 Å². The standard InChI is InChI=1S/C21H22ClFO4/c1-3-12-4-5-13(17(23)8-12)9-15-10-14(6-7-16(15)22)21-20(26)19(25)18(24)11(2)27-21/h4-8,10,18-21,24-26H,2-3,9H2,1H3/t18-,19+,20-,21+/m1/s1. The summed E-state index contributed by atoms with van der Waals surface area (Å²) >= 11 is 6.28. The monoisotopic (exact) mass is 392 g/mol. The first-order valence-electron chi connectivity index (χ1n) is 8.77. The summed E-state index contributed by atoms with van der Waals surface area (Å²) in [5.74, 6) is -0.313. The van der Waals surface area contributed by atoms with Crippen LogP contribution in [0, 0.1) is 5.82 Å². The van der Waals surface area contributed by atoms with Gasteiger partial charge in [-0.05, 0) is 40.8 Å². The topological polar surface area (TPSA) is 69.9 Å². The third kappa shape index (κ3) is 4.01. The molecule has 4 atom stereocenters. The van der Waals surface area contributed by atoms with Crippen LogP contribution in [0.3, 0.4) is 0 Å². The molecular weight excluding hydrogens is 371 g/mol. The van der Waals surface area contributed by atoms with Crippen molar-refractivity contribution < 1.29 is 24.4 Å². The molecule has 1 fully saturated rings. The molecule has 0 aliphatic carbocycles. The van der Waals surface area contributed by atoms with Crippen LogP contribution < -0.4 is 0 Å². The van der Waals surface area contributed by atoms with Crippen molar-refractivity contribution in [1.29, 1.82) is 0 Å². The van der Waals surface area contributed by atoms with Crippen LogP contribution in [0.5, 0.6) is 0 Å². The third-order valence-corrected chi connectivity index (χ3v) is 5.27. The molecule has 1 aliphatic rings. The normalized spacial score (nSPS) is 25.3. The molecule has 4 nitrogen and oxygen atoms in total. The van der Waals surface area contributed by atoms with E-state index in [4.69, 9.17) is 16.3 Å². The number of aliphatic hydroxyl groups excluding tert-OH is 3. The predicted octanol–water partition coefficient (Wildman–Crippen LogP) is 3.30. The molecule has 3 rings (SSSR count). The van der Waals surface area contributed by atoms with Crippen LogP contribution in [0.1, 0.15) is 35.3 Å². The summed E-state index contributed by atoms with van der Waals surface area (Å²) in [6, 6.07) is 10.1. The van der Waals surface area contributed by atoms with E-state index in [1.54, 1.807) is 24.3 Å². The first kappa shape index (κ1) is 19.8. The molecule has 144 valence electrons. The Morgan fingerprint density at radius 1 is 1.07 bits per heavy atom. The fraction of sp³-hybridized carbons (Fsp3) is 0.333. The summed E-state index contributed by atoms with van der Waals surface area (Å²) in [6.07, 6.45) is -3.97. The minimum atomic E-state index is -1.41. The fourth-order valence-electron chi connectivity index (χ4n) is 3.19.